The van der Waals surface area contributed by atoms with Gasteiger partial charge in [-0.15, -0.1) is 13.2 Å². The number of alkyl halides is 3. The normalized spacial score (nSPS) is 11.3. The molecule has 0 spiro atoms. The van der Waals surface area contributed by atoms with Gasteiger partial charge in [0, 0.05) is 22.9 Å². The van der Waals surface area contributed by atoms with Crippen LogP contribution in [-0.2, 0) is 0 Å². The lowest BCUT2D eigenvalue weighted by atomic mass is 10.00. The highest BCUT2D eigenvalue weighted by atomic mass is 19.4. The molecule has 0 aliphatic rings. The molecule has 0 unspecified atom stereocenters. The maximum Gasteiger partial charge on any atom is 0.573 e. The number of hydrogen-bond donors (Lipinski definition) is 2. The second-order valence-electron chi connectivity index (χ2n) is 5.71. The lowest BCUT2D eigenvalue weighted by molar-refractivity contribution is -0.274. The second kappa shape index (κ2) is 7.34. The number of H-pyrrole nitrogens is 1. The van der Waals surface area contributed by atoms with E-state index in [1.54, 1.807) is 0 Å². The average molecular weight is 411 g/mol. The number of aromatic nitrogens is 2. The number of rotatable bonds is 4. The molecule has 1 aromatic heterocycles. The number of carbonyl (C=O) groups is 1. The van der Waals surface area contributed by atoms with Crippen LogP contribution in [0.5, 0.6) is 5.75 Å². The Bertz CT molecular complexity index is 1160. The van der Waals surface area contributed by atoms with Crippen molar-refractivity contribution in [3.63, 3.8) is 0 Å². The van der Waals surface area contributed by atoms with Crippen LogP contribution in [0.25, 0.3) is 22.4 Å². The van der Waals surface area contributed by atoms with E-state index in [4.69, 9.17) is 5.73 Å². The van der Waals surface area contributed by atoms with Crippen molar-refractivity contribution in [1.82, 2.24) is 9.97 Å². The maximum atomic E-state index is 14.4. The highest BCUT2D eigenvalue weighted by Gasteiger charge is 2.32. The molecule has 0 fully saturated rings. The van der Waals surface area contributed by atoms with Crippen molar-refractivity contribution < 1.29 is 31.5 Å². The van der Waals surface area contributed by atoms with Crippen LogP contribution >= 0.6 is 0 Å². The Hall–Kier alpha value is -3.76. The van der Waals surface area contributed by atoms with Crippen LogP contribution in [0, 0.1) is 11.6 Å². The van der Waals surface area contributed by atoms with E-state index in [0.29, 0.717) is 12.1 Å². The number of nitrogens with one attached hydrogen (secondary N) is 1. The smallest absolute Gasteiger partial charge is 0.405 e. The average Bonchev–Trinajstić information content (AvgIpc) is 2.63. The minimum atomic E-state index is -5.10. The largest absolute Gasteiger partial charge is 0.573 e. The summed E-state index contributed by atoms with van der Waals surface area (Å²) in [6.45, 7) is 0. The van der Waals surface area contributed by atoms with Gasteiger partial charge in [0.15, 0.2) is 0 Å². The van der Waals surface area contributed by atoms with E-state index in [2.05, 4.69) is 14.7 Å². The monoisotopic (exact) mass is 411 g/mol. The fourth-order valence-electron chi connectivity index (χ4n) is 2.53. The molecule has 0 aliphatic carbocycles. The zero-order valence-electron chi connectivity index (χ0n) is 14.2. The number of ether oxygens (including phenoxy) is 1. The van der Waals surface area contributed by atoms with Crippen LogP contribution in [-0.4, -0.2) is 22.2 Å². The molecule has 150 valence electrons. The van der Waals surface area contributed by atoms with Gasteiger partial charge < -0.3 is 15.5 Å². The Balaban J connectivity index is 2.20. The molecule has 0 atom stereocenters. The summed E-state index contributed by atoms with van der Waals surface area (Å²) >= 11 is 0. The Morgan fingerprint density at radius 1 is 1.07 bits per heavy atom. The van der Waals surface area contributed by atoms with Crippen molar-refractivity contribution in [2.45, 2.75) is 6.36 Å². The summed E-state index contributed by atoms with van der Waals surface area (Å²) in [6, 6.07) is 5.02. The van der Waals surface area contributed by atoms with Gasteiger partial charge in [-0.2, -0.15) is 0 Å². The summed E-state index contributed by atoms with van der Waals surface area (Å²) in [7, 11) is 0. The van der Waals surface area contributed by atoms with E-state index in [1.807, 2.05) is 0 Å². The number of halogens is 5. The van der Waals surface area contributed by atoms with Crippen molar-refractivity contribution in [1.29, 1.82) is 0 Å². The highest BCUT2D eigenvalue weighted by molar-refractivity contribution is 5.91. The first-order valence-electron chi connectivity index (χ1n) is 7.80. The molecule has 29 heavy (non-hydrogen) atoms. The minimum absolute atomic E-state index is 0.0482. The molecule has 3 aromatic rings. The standard InChI is InChI=1S/C18H10F5N3O3/c19-9-2-4-14(29-18(21,22)23)11(6-9)10-5-8(1-3-12(10)20)15-17(28)25-7-13(26-15)16(24)27/h1-7H,(H2,24,27)(H,25,28). The number of hydrogen-bond acceptors (Lipinski definition) is 4. The van der Waals surface area contributed by atoms with Gasteiger partial charge in [-0.1, -0.05) is 0 Å². The molecule has 0 bridgehead atoms. The van der Waals surface area contributed by atoms with E-state index in [9.17, 15) is 31.5 Å². The van der Waals surface area contributed by atoms with Crippen LogP contribution in [0.1, 0.15) is 10.5 Å². The minimum Gasteiger partial charge on any atom is -0.405 e. The van der Waals surface area contributed by atoms with Crippen LogP contribution in [0.4, 0.5) is 22.0 Å². The lowest BCUT2D eigenvalue weighted by Gasteiger charge is -2.14. The SMILES string of the molecule is NC(=O)c1c[nH]c(=O)c(-c2ccc(F)c(-c3cc(F)ccc3OC(F)(F)F)c2)n1. The summed E-state index contributed by atoms with van der Waals surface area (Å²) < 4.78 is 69.8. The lowest BCUT2D eigenvalue weighted by Crippen LogP contribution is -2.19. The third-order valence-corrected chi connectivity index (χ3v) is 3.74. The van der Waals surface area contributed by atoms with Gasteiger partial charge in [-0.25, -0.2) is 13.8 Å². The van der Waals surface area contributed by atoms with Crippen molar-refractivity contribution in [3.8, 4) is 28.1 Å². The van der Waals surface area contributed by atoms with Gasteiger partial charge in [0.25, 0.3) is 11.5 Å². The Labute approximate surface area is 158 Å². The Kier molecular flexibility index (Phi) is 5.06. The molecule has 0 aliphatic heterocycles. The van der Waals surface area contributed by atoms with E-state index in [1.165, 1.54) is 0 Å². The third kappa shape index (κ3) is 4.39. The molecule has 0 saturated carbocycles. The van der Waals surface area contributed by atoms with Gasteiger partial charge in [-0.3, -0.25) is 9.59 Å². The Morgan fingerprint density at radius 3 is 2.45 bits per heavy atom. The summed E-state index contributed by atoms with van der Waals surface area (Å²) in [5.74, 6) is -3.74. The quantitative estimate of drug-likeness (QED) is 0.643. The maximum absolute atomic E-state index is 14.4. The molecular formula is C18H10F5N3O3. The fourth-order valence-corrected chi connectivity index (χ4v) is 2.53. The van der Waals surface area contributed by atoms with E-state index < -0.39 is 46.3 Å². The molecule has 1 heterocycles. The van der Waals surface area contributed by atoms with Gasteiger partial charge >= 0.3 is 6.36 Å². The number of carbonyl (C=O) groups excluding carboxylic acids is 1. The van der Waals surface area contributed by atoms with Crippen LogP contribution in [0.2, 0.25) is 0 Å². The molecule has 2 aromatic carbocycles. The first kappa shape index (κ1) is 20.0. The van der Waals surface area contributed by atoms with Crippen molar-refractivity contribution in [2.75, 3.05) is 0 Å². The Morgan fingerprint density at radius 2 is 1.79 bits per heavy atom. The predicted octanol–water partition coefficient (Wildman–Crippen LogP) is 3.38. The molecule has 0 radical (unpaired) electrons. The van der Waals surface area contributed by atoms with Crippen molar-refractivity contribution >= 4 is 5.91 Å². The molecule has 3 N–H and O–H groups in total. The van der Waals surface area contributed by atoms with Crippen LogP contribution in [0.3, 0.4) is 0 Å². The summed E-state index contributed by atoms with van der Waals surface area (Å²) in [5, 5.41) is 0. The summed E-state index contributed by atoms with van der Waals surface area (Å²) in [5.41, 5.74) is 2.64. The fraction of sp³-hybridized carbons (Fsp3) is 0.0556. The number of benzene rings is 2. The first-order chi connectivity index (χ1) is 13.5. The molecule has 6 nitrogen and oxygen atoms in total. The van der Waals surface area contributed by atoms with Gasteiger partial charge in [0.1, 0.15) is 28.8 Å². The number of nitrogens with zero attached hydrogens (tertiary/aromatic N) is 1. The number of amides is 1. The van der Waals surface area contributed by atoms with Gasteiger partial charge in [-0.05, 0) is 36.4 Å². The topological polar surface area (TPSA) is 98.1 Å². The zero-order chi connectivity index (χ0) is 21.3. The number of primary amides is 1. The summed E-state index contributed by atoms with van der Waals surface area (Å²) in [4.78, 5) is 29.3. The van der Waals surface area contributed by atoms with Gasteiger partial charge in [0.05, 0.1) is 0 Å². The summed E-state index contributed by atoms with van der Waals surface area (Å²) in [6.07, 6.45) is -4.13. The van der Waals surface area contributed by atoms with Crippen LogP contribution in [0.15, 0.2) is 47.4 Å². The predicted molar refractivity (Wildman–Crippen MR) is 90.8 cm³/mol. The molecule has 0 saturated heterocycles. The van der Waals surface area contributed by atoms with Crippen LogP contribution < -0.4 is 16.0 Å². The van der Waals surface area contributed by atoms with E-state index >= 15 is 0 Å². The highest BCUT2D eigenvalue weighted by Crippen LogP contribution is 2.37. The van der Waals surface area contributed by atoms with Crippen molar-refractivity contribution in [2.24, 2.45) is 5.73 Å². The second-order valence-corrected chi connectivity index (χ2v) is 5.71. The number of aromatic amines is 1. The van der Waals surface area contributed by atoms with E-state index in [-0.39, 0.29) is 17.0 Å². The molecule has 11 heteroatoms. The first-order valence-corrected chi connectivity index (χ1v) is 7.80. The van der Waals surface area contributed by atoms with Gasteiger partial charge in [0.2, 0.25) is 0 Å². The van der Waals surface area contributed by atoms with E-state index in [0.717, 1.165) is 30.5 Å². The molecular weight excluding hydrogens is 401 g/mol. The molecule has 3 rings (SSSR count). The number of nitrogens with two attached hydrogens (primary N) is 1. The third-order valence-electron chi connectivity index (χ3n) is 3.74. The van der Waals surface area contributed by atoms with Crippen molar-refractivity contribution in [3.05, 3.63) is 70.3 Å². The molecule has 1 amide bonds. The zero-order valence-corrected chi connectivity index (χ0v) is 14.2.